The van der Waals surface area contributed by atoms with Crippen molar-refractivity contribution in [1.29, 1.82) is 0 Å². The Labute approximate surface area is 173 Å². The van der Waals surface area contributed by atoms with Crippen LogP contribution >= 0.6 is 0 Å². The van der Waals surface area contributed by atoms with Crippen LogP contribution in [0.1, 0.15) is 18.1 Å². The van der Waals surface area contributed by atoms with Crippen LogP contribution in [-0.4, -0.2) is 36.7 Å². The number of hydrogen-bond acceptors (Lipinski definition) is 6. The number of rotatable bonds is 7. The second kappa shape index (κ2) is 8.24. The molecule has 0 saturated heterocycles. The molecule has 0 saturated carbocycles. The van der Waals surface area contributed by atoms with Gasteiger partial charge >= 0.3 is 5.69 Å². The van der Waals surface area contributed by atoms with Crippen LogP contribution < -0.4 is 15.2 Å². The predicted molar refractivity (Wildman–Crippen MR) is 110 cm³/mol. The van der Waals surface area contributed by atoms with Crippen LogP contribution in [0.5, 0.6) is 11.6 Å². The summed E-state index contributed by atoms with van der Waals surface area (Å²) in [5.41, 5.74) is 3.18. The zero-order valence-corrected chi connectivity index (χ0v) is 17.0. The zero-order chi connectivity index (χ0) is 21.1. The van der Waals surface area contributed by atoms with Crippen LogP contribution in [0.2, 0.25) is 0 Å². The van der Waals surface area contributed by atoms with E-state index in [2.05, 4.69) is 22.4 Å². The summed E-state index contributed by atoms with van der Waals surface area (Å²) in [6.07, 6.45) is 2.62. The van der Waals surface area contributed by atoms with E-state index in [9.17, 15) is 4.79 Å². The summed E-state index contributed by atoms with van der Waals surface area (Å²) >= 11 is 0. The van der Waals surface area contributed by atoms with E-state index in [1.807, 2.05) is 48.7 Å². The lowest BCUT2D eigenvalue weighted by molar-refractivity contribution is 0.290. The number of nitrogens with zero attached hydrogens (tertiary/aromatic N) is 6. The first kappa shape index (κ1) is 19.4. The fourth-order valence-corrected chi connectivity index (χ4v) is 3.19. The van der Waals surface area contributed by atoms with E-state index in [4.69, 9.17) is 9.47 Å². The Morgan fingerprint density at radius 3 is 2.50 bits per heavy atom. The summed E-state index contributed by atoms with van der Waals surface area (Å²) in [6.45, 7) is 2.31. The summed E-state index contributed by atoms with van der Waals surface area (Å²) in [5.74, 6) is 1.26. The molecule has 0 aliphatic carbocycles. The highest BCUT2D eigenvalue weighted by Gasteiger charge is 2.15. The van der Waals surface area contributed by atoms with Gasteiger partial charge in [0.05, 0.1) is 18.5 Å². The van der Waals surface area contributed by atoms with Gasteiger partial charge < -0.3 is 9.47 Å². The van der Waals surface area contributed by atoms with Crippen molar-refractivity contribution in [3.8, 4) is 23.0 Å². The second-order valence-electron chi connectivity index (χ2n) is 6.65. The van der Waals surface area contributed by atoms with Gasteiger partial charge in [-0.05, 0) is 52.7 Å². The average molecular weight is 406 g/mol. The maximum absolute atomic E-state index is 12.3. The van der Waals surface area contributed by atoms with E-state index >= 15 is 0 Å². The number of methoxy groups -OCH3 is 1. The Bertz CT molecular complexity index is 1210. The molecule has 0 aliphatic heterocycles. The minimum atomic E-state index is -0.312. The molecule has 0 atom stereocenters. The fraction of sp³-hybridized carbons (Fsp3) is 0.238. The third kappa shape index (κ3) is 3.69. The van der Waals surface area contributed by atoms with Gasteiger partial charge in [-0.25, -0.2) is 9.48 Å². The standard InChI is InChI=1S/C21H22N6O3/c1-4-15-6-5-7-19(27-21(28)25(2)23-24-27)18(15)14-30-20-12-13-26(22-20)16-8-10-17(29-3)11-9-16/h5-13H,4,14H2,1-3H3. The number of ether oxygens (including phenoxy) is 2. The summed E-state index contributed by atoms with van der Waals surface area (Å²) in [5, 5.41) is 12.3. The van der Waals surface area contributed by atoms with E-state index in [1.165, 1.54) is 9.36 Å². The SMILES string of the molecule is CCc1cccc(-n2nnn(C)c2=O)c1COc1ccn(-c2ccc(OC)cc2)n1. The Morgan fingerprint density at radius 1 is 1.03 bits per heavy atom. The largest absolute Gasteiger partial charge is 0.497 e. The molecule has 2 heterocycles. The van der Waals surface area contributed by atoms with Crippen molar-refractivity contribution in [3.05, 3.63) is 76.3 Å². The van der Waals surface area contributed by atoms with Crippen LogP contribution in [-0.2, 0) is 20.1 Å². The highest BCUT2D eigenvalue weighted by Crippen LogP contribution is 2.21. The number of hydrogen-bond donors (Lipinski definition) is 0. The van der Waals surface area contributed by atoms with E-state index in [-0.39, 0.29) is 12.3 Å². The normalized spacial score (nSPS) is 10.9. The Hall–Kier alpha value is -3.88. The summed E-state index contributed by atoms with van der Waals surface area (Å²) in [4.78, 5) is 12.3. The molecule has 0 spiro atoms. The van der Waals surface area contributed by atoms with Crippen molar-refractivity contribution in [2.24, 2.45) is 7.05 Å². The van der Waals surface area contributed by atoms with Crippen molar-refractivity contribution in [2.45, 2.75) is 20.0 Å². The molecule has 0 N–H and O–H groups in total. The fourth-order valence-electron chi connectivity index (χ4n) is 3.19. The molecule has 0 amide bonds. The van der Waals surface area contributed by atoms with Crippen LogP contribution in [0.25, 0.3) is 11.4 Å². The summed E-state index contributed by atoms with van der Waals surface area (Å²) < 4.78 is 15.4. The lowest BCUT2D eigenvalue weighted by Crippen LogP contribution is -2.23. The van der Waals surface area contributed by atoms with Gasteiger partial charge in [-0.1, -0.05) is 19.1 Å². The molecule has 0 radical (unpaired) electrons. The van der Waals surface area contributed by atoms with E-state index < -0.39 is 0 Å². The van der Waals surface area contributed by atoms with Crippen molar-refractivity contribution in [3.63, 3.8) is 0 Å². The highest BCUT2D eigenvalue weighted by atomic mass is 16.5. The van der Waals surface area contributed by atoms with E-state index in [0.717, 1.165) is 29.0 Å². The van der Waals surface area contributed by atoms with Gasteiger partial charge in [-0.2, -0.15) is 9.36 Å². The van der Waals surface area contributed by atoms with Crippen molar-refractivity contribution in [1.82, 2.24) is 29.6 Å². The molecular weight excluding hydrogens is 384 g/mol. The van der Waals surface area contributed by atoms with Crippen LogP contribution in [0.15, 0.2) is 59.5 Å². The Morgan fingerprint density at radius 2 is 1.83 bits per heavy atom. The van der Waals surface area contributed by atoms with E-state index in [1.54, 1.807) is 24.9 Å². The molecule has 2 aromatic carbocycles. The predicted octanol–water partition coefficient (Wildman–Crippen LogP) is 2.30. The van der Waals surface area contributed by atoms with Gasteiger partial charge in [-0.15, -0.1) is 5.10 Å². The Kier molecular flexibility index (Phi) is 5.34. The van der Waals surface area contributed by atoms with Crippen molar-refractivity contribution < 1.29 is 9.47 Å². The second-order valence-corrected chi connectivity index (χ2v) is 6.65. The number of benzene rings is 2. The number of aryl methyl sites for hydroxylation is 2. The molecule has 4 rings (SSSR count). The lowest BCUT2D eigenvalue weighted by atomic mass is 10.0. The summed E-state index contributed by atoms with van der Waals surface area (Å²) in [7, 11) is 3.20. The van der Waals surface area contributed by atoms with Gasteiger partial charge in [0, 0.05) is 24.9 Å². The van der Waals surface area contributed by atoms with Gasteiger partial charge in [0.2, 0.25) is 5.88 Å². The topological polar surface area (TPSA) is 89.0 Å². The highest BCUT2D eigenvalue weighted by molar-refractivity contribution is 5.45. The molecule has 2 aromatic heterocycles. The Balaban J connectivity index is 1.59. The zero-order valence-electron chi connectivity index (χ0n) is 17.0. The molecule has 154 valence electrons. The minimum absolute atomic E-state index is 0.252. The monoisotopic (exact) mass is 406 g/mol. The molecule has 30 heavy (non-hydrogen) atoms. The third-order valence-corrected chi connectivity index (χ3v) is 4.84. The van der Waals surface area contributed by atoms with Gasteiger partial charge in [0.25, 0.3) is 0 Å². The van der Waals surface area contributed by atoms with Gasteiger partial charge in [-0.3, -0.25) is 0 Å². The average Bonchev–Trinajstić information content (AvgIpc) is 3.39. The van der Waals surface area contributed by atoms with Crippen molar-refractivity contribution >= 4 is 0 Å². The van der Waals surface area contributed by atoms with Gasteiger partial charge in [0.15, 0.2) is 0 Å². The first-order valence-electron chi connectivity index (χ1n) is 9.53. The van der Waals surface area contributed by atoms with Crippen LogP contribution in [0, 0.1) is 0 Å². The molecule has 0 bridgehead atoms. The van der Waals surface area contributed by atoms with Gasteiger partial charge in [0.1, 0.15) is 12.4 Å². The number of aromatic nitrogens is 6. The molecule has 9 heteroatoms. The molecule has 0 unspecified atom stereocenters. The first-order valence-corrected chi connectivity index (χ1v) is 9.53. The lowest BCUT2D eigenvalue weighted by Gasteiger charge is -2.13. The quantitative estimate of drug-likeness (QED) is 0.468. The molecule has 0 fully saturated rings. The maximum atomic E-state index is 12.3. The van der Waals surface area contributed by atoms with Crippen molar-refractivity contribution in [2.75, 3.05) is 7.11 Å². The minimum Gasteiger partial charge on any atom is -0.497 e. The molecule has 0 aliphatic rings. The molecule has 4 aromatic rings. The smallest absolute Gasteiger partial charge is 0.368 e. The van der Waals surface area contributed by atoms with E-state index in [0.29, 0.717) is 11.6 Å². The molecule has 9 nitrogen and oxygen atoms in total. The first-order chi connectivity index (χ1) is 14.6. The number of tetrazole rings is 1. The maximum Gasteiger partial charge on any atom is 0.368 e. The van der Waals surface area contributed by atoms with Crippen LogP contribution in [0.3, 0.4) is 0 Å². The molecular formula is C21H22N6O3. The third-order valence-electron chi connectivity index (χ3n) is 4.84. The summed E-state index contributed by atoms with van der Waals surface area (Å²) in [6, 6.07) is 15.1. The van der Waals surface area contributed by atoms with Crippen LogP contribution in [0.4, 0.5) is 0 Å².